The molecule has 0 unspecified atom stereocenters. The zero-order valence-electron chi connectivity index (χ0n) is 10.1. The van der Waals surface area contributed by atoms with Crippen LogP contribution in [0.15, 0.2) is 28.9 Å². The van der Waals surface area contributed by atoms with Gasteiger partial charge >= 0.3 is 0 Å². The number of nitrogen functional groups attached to an aromatic ring is 1. The van der Waals surface area contributed by atoms with Gasteiger partial charge in [0.05, 0.1) is 16.3 Å². The summed E-state index contributed by atoms with van der Waals surface area (Å²) in [6.45, 7) is 3.63. The Kier molecular flexibility index (Phi) is 3.30. The van der Waals surface area contributed by atoms with Crippen molar-refractivity contribution in [3.05, 3.63) is 46.4 Å². The Bertz CT molecular complexity index is 605. The fraction of sp³-hybridized carbons (Fsp3) is 0.154. The number of carbonyl (C=O) groups is 1. The molecule has 0 radical (unpaired) electrons. The third-order valence-electron chi connectivity index (χ3n) is 2.58. The van der Waals surface area contributed by atoms with Crippen LogP contribution < -0.4 is 11.1 Å². The topological polar surface area (TPSA) is 68.3 Å². The van der Waals surface area contributed by atoms with Gasteiger partial charge in [-0.05, 0) is 37.6 Å². The first-order valence-electron chi connectivity index (χ1n) is 5.39. The minimum absolute atomic E-state index is 0.240. The van der Waals surface area contributed by atoms with E-state index in [0.717, 1.165) is 5.56 Å². The zero-order chi connectivity index (χ0) is 13.3. The lowest BCUT2D eigenvalue weighted by Gasteiger charge is -2.09. The van der Waals surface area contributed by atoms with Gasteiger partial charge in [-0.25, -0.2) is 0 Å². The number of nitrogens with one attached hydrogen (secondary N) is 1. The van der Waals surface area contributed by atoms with Gasteiger partial charge in [-0.2, -0.15) is 0 Å². The van der Waals surface area contributed by atoms with E-state index >= 15 is 0 Å². The number of aryl methyl sites for hydroxylation is 2. The van der Waals surface area contributed by atoms with Gasteiger partial charge in [-0.1, -0.05) is 11.6 Å². The number of amides is 1. The molecule has 4 nitrogen and oxygen atoms in total. The van der Waals surface area contributed by atoms with Crippen LogP contribution in [0.1, 0.15) is 21.7 Å². The molecule has 2 rings (SSSR count). The number of nitrogens with two attached hydrogens (primary N) is 1. The van der Waals surface area contributed by atoms with Crippen LogP contribution in [0.4, 0.5) is 11.4 Å². The Morgan fingerprint density at radius 3 is 2.67 bits per heavy atom. The summed E-state index contributed by atoms with van der Waals surface area (Å²) in [7, 11) is 0. The second-order valence-corrected chi connectivity index (χ2v) is 4.50. The lowest BCUT2D eigenvalue weighted by atomic mass is 10.1. The molecule has 0 aliphatic carbocycles. The molecule has 1 heterocycles. The van der Waals surface area contributed by atoms with Gasteiger partial charge in [0.2, 0.25) is 0 Å². The van der Waals surface area contributed by atoms with E-state index in [0.29, 0.717) is 27.7 Å². The second kappa shape index (κ2) is 4.74. The van der Waals surface area contributed by atoms with Gasteiger partial charge in [-0.3, -0.25) is 4.79 Å². The summed E-state index contributed by atoms with van der Waals surface area (Å²) in [5.41, 5.74) is 8.13. The predicted molar refractivity (Wildman–Crippen MR) is 72.0 cm³/mol. The Morgan fingerprint density at radius 1 is 1.33 bits per heavy atom. The number of hydrogen-bond donors (Lipinski definition) is 2. The van der Waals surface area contributed by atoms with Gasteiger partial charge in [0.1, 0.15) is 12.0 Å². The van der Waals surface area contributed by atoms with Crippen LogP contribution in [0.3, 0.4) is 0 Å². The van der Waals surface area contributed by atoms with Crippen molar-refractivity contribution < 1.29 is 9.21 Å². The average Bonchev–Trinajstić information content (AvgIpc) is 2.73. The van der Waals surface area contributed by atoms with E-state index in [1.54, 1.807) is 25.1 Å². The first-order valence-corrected chi connectivity index (χ1v) is 5.77. The highest BCUT2D eigenvalue weighted by Crippen LogP contribution is 2.27. The maximum Gasteiger partial charge on any atom is 0.258 e. The van der Waals surface area contributed by atoms with Crippen LogP contribution in [-0.4, -0.2) is 5.91 Å². The molecule has 5 heteroatoms. The molecule has 2 aromatic rings. The third-order valence-corrected chi connectivity index (χ3v) is 2.91. The number of anilines is 2. The first-order chi connectivity index (χ1) is 8.47. The molecular formula is C13H13ClN2O2. The van der Waals surface area contributed by atoms with Crippen LogP contribution in [0.25, 0.3) is 0 Å². The minimum atomic E-state index is -0.240. The molecule has 0 aliphatic heterocycles. The van der Waals surface area contributed by atoms with Crippen molar-refractivity contribution >= 4 is 28.9 Å². The molecule has 0 aliphatic rings. The van der Waals surface area contributed by atoms with E-state index in [1.807, 2.05) is 6.92 Å². The molecule has 1 amide bonds. The van der Waals surface area contributed by atoms with Crippen molar-refractivity contribution in [2.45, 2.75) is 13.8 Å². The Balaban J connectivity index is 2.24. The average molecular weight is 265 g/mol. The van der Waals surface area contributed by atoms with E-state index in [9.17, 15) is 4.79 Å². The molecule has 0 atom stereocenters. The van der Waals surface area contributed by atoms with Crippen molar-refractivity contribution in [1.29, 1.82) is 0 Å². The SMILES string of the molecule is Cc1cc(C(=O)Nc2cc(Cl)c(N)cc2C)co1. The second-order valence-electron chi connectivity index (χ2n) is 4.09. The Morgan fingerprint density at radius 2 is 2.06 bits per heavy atom. The van der Waals surface area contributed by atoms with Gasteiger partial charge in [0.15, 0.2) is 0 Å². The maximum atomic E-state index is 11.9. The molecule has 1 aromatic carbocycles. The summed E-state index contributed by atoms with van der Waals surface area (Å²) in [5, 5.41) is 3.18. The highest BCUT2D eigenvalue weighted by atomic mass is 35.5. The normalized spacial score (nSPS) is 10.4. The molecule has 0 saturated heterocycles. The van der Waals surface area contributed by atoms with Crippen molar-refractivity contribution in [2.75, 3.05) is 11.1 Å². The van der Waals surface area contributed by atoms with Gasteiger partial charge in [-0.15, -0.1) is 0 Å². The fourth-order valence-corrected chi connectivity index (χ4v) is 1.76. The summed E-state index contributed by atoms with van der Waals surface area (Å²) in [5.74, 6) is 0.447. The lowest BCUT2D eigenvalue weighted by Crippen LogP contribution is -2.12. The largest absolute Gasteiger partial charge is 0.469 e. The molecular weight excluding hydrogens is 252 g/mol. The highest BCUT2D eigenvalue weighted by Gasteiger charge is 2.11. The summed E-state index contributed by atoms with van der Waals surface area (Å²) < 4.78 is 5.09. The first kappa shape index (κ1) is 12.5. The number of halogens is 1. The summed E-state index contributed by atoms with van der Waals surface area (Å²) >= 11 is 5.92. The van der Waals surface area contributed by atoms with Crippen LogP contribution in [0, 0.1) is 13.8 Å². The van der Waals surface area contributed by atoms with Crippen molar-refractivity contribution in [1.82, 2.24) is 0 Å². The molecule has 0 saturated carbocycles. The van der Waals surface area contributed by atoms with Gasteiger partial charge < -0.3 is 15.5 Å². The molecule has 94 valence electrons. The lowest BCUT2D eigenvalue weighted by molar-refractivity contribution is 0.102. The van der Waals surface area contributed by atoms with Crippen molar-refractivity contribution in [3.8, 4) is 0 Å². The number of carbonyl (C=O) groups excluding carboxylic acids is 1. The van der Waals surface area contributed by atoms with Crippen LogP contribution >= 0.6 is 11.6 Å². The quantitative estimate of drug-likeness (QED) is 0.817. The number of rotatable bonds is 2. The summed E-state index contributed by atoms with van der Waals surface area (Å²) in [6, 6.07) is 5.03. The predicted octanol–water partition coefficient (Wildman–Crippen LogP) is 3.38. The van der Waals surface area contributed by atoms with Crippen molar-refractivity contribution in [2.24, 2.45) is 0 Å². The molecule has 18 heavy (non-hydrogen) atoms. The summed E-state index contributed by atoms with van der Waals surface area (Å²) in [4.78, 5) is 11.9. The number of benzene rings is 1. The third kappa shape index (κ3) is 2.49. The molecule has 0 fully saturated rings. The standard InChI is InChI=1S/C13H13ClN2O2/c1-7-3-11(15)10(14)5-12(7)16-13(17)9-4-8(2)18-6-9/h3-6H,15H2,1-2H3,(H,16,17). The maximum absolute atomic E-state index is 11.9. The van der Waals surface area contributed by atoms with E-state index < -0.39 is 0 Å². The monoisotopic (exact) mass is 264 g/mol. The Hall–Kier alpha value is -1.94. The number of hydrogen-bond acceptors (Lipinski definition) is 3. The van der Waals surface area contributed by atoms with E-state index in [4.69, 9.17) is 21.8 Å². The smallest absolute Gasteiger partial charge is 0.258 e. The van der Waals surface area contributed by atoms with Crippen LogP contribution in [0.5, 0.6) is 0 Å². The number of furan rings is 1. The molecule has 0 spiro atoms. The van der Waals surface area contributed by atoms with Crippen LogP contribution in [0.2, 0.25) is 5.02 Å². The summed E-state index contributed by atoms with van der Waals surface area (Å²) in [6.07, 6.45) is 1.42. The van der Waals surface area contributed by atoms with Crippen LogP contribution in [-0.2, 0) is 0 Å². The zero-order valence-corrected chi connectivity index (χ0v) is 10.8. The molecule has 3 N–H and O–H groups in total. The van der Waals surface area contributed by atoms with Gasteiger partial charge in [0.25, 0.3) is 5.91 Å². The minimum Gasteiger partial charge on any atom is -0.469 e. The van der Waals surface area contributed by atoms with Crippen molar-refractivity contribution in [3.63, 3.8) is 0 Å². The molecule has 1 aromatic heterocycles. The fourth-order valence-electron chi connectivity index (χ4n) is 1.60. The van der Waals surface area contributed by atoms with E-state index in [-0.39, 0.29) is 5.91 Å². The Labute approximate surface area is 110 Å². The molecule has 0 bridgehead atoms. The van der Waals surface area contributed by atoms with E-state index in [1.165, 1.54) is 6.26 Å². The highest BCUT2D eigenvalue weighted by molar-refractivity contribution is 6.33. The van der Waals surface area contributed by atoms with E-state index in [2.05, 4.69) is 5.32 Å². The van der Waals surface area contributed by atoms with Gasteiger partial charge in [0, 0.05) is 5.69 Å².